The third-order valence-electron chi connectivity index (χ3n) is 4.49. The summed E-state index contributed by atoms with van der Waals surface area (Å²) in [5, 5.41) is 7.77. The molecule has 1 unspecified atom stereocenters. The highest BCUT2D eigenvalue weighted by Crippen LogP contribution is 2.21. The first kappa shape index (κ1) is 20.5. The van der Waals surface area contributed by atoms with Crippen LogP contribution < -0.4 is 15.4 Å². The van der Waals surface area contributed by atoms with E-state index >= 15 is 0 Å². The number of anilines is 2. The van der Waals surface area contributed by atoms with Crippen molar-refractivity contribution in [2.45, 2.75) is 26.2 Å². The van der Waals surface area contributed by atoms with Gasteiger partial charge in [0.1, 0.15) is 5.75 Å². The van der Waals surface area contributed by atoms with E-state index in [1.165, 1.54) is 16.9 Å². The van der Waals surface area contributed by atoms with Gasteiger partial charge >= 0.3 is 0 Å². The smallest absolute Gasteiger partial charge is 0.262 e. The molecule has 29 heavy (non-hydrogen) atoms. The maximum absolute atomic E-state index is 12.3. The number of hydrogen-bond donors (Lipinski definition) is 2. The largest absolute Gasteiger partial charge is 0.484 e. The molecule has 150 valence electrons. The Labute approximate surface area is 173 Å². The van der Waals surface area contributed by atoms with Crippen LogP contribution in [0.15, 0.2) is 60.1 Å². The highest BCUT2D eigenvalue weighted by Gasteiger charge is 2.10. The van der Waals surface area contributed by atoms with Gasteiger partial charge in [-0.25, -0.2) is 4.98 Å². The SMILES string of the molecule is CCC(C)c1ccc(OCC(=O)Nc2cccc(C(=O)Nc3nccs3)c2)cc1. The lowest BCUT2D eigenvalue weighted by Gasteiger charge is -2.11. The first-order chi connectivity index (χ1) is 14.0. The number of aromatic nitrogens is 1. The molecule has 0 aliphatic carbocycles. The number of thiazole rings is 1. The molecule has 0 spiro atoms. The standard InChI is InChI=1S/C22H23N3O3S/c1-3-15(2)16-7-9-19(10-8-16)28-14-20(26)24-18-6-4-5-17(13-18)21(27)25-22-23-11-12-29-22/h4-13,15H,3,14H2,1-2H3,(H,24,26)(H,23,25,27). The molecule has 1 heterocycles. The second-order valence-electron chi connectivity index (χ2n) is 6.59. The summed E-state index contributed by atoms with van der Waals surface area (Å²) in [6.07, 6.45) is 2.69. The lowest BCUT2D eigenvalue weighted by molar-refractivity contribution is -0.118. The first-order valence-electron chi connectivity index (χ1n) is 9.38. The Bertz CT molecular complexity index is 956. The van der Waals surface area contributed by atoms with Gasteiger partial charge in [-0.15, -0.1) is 11.3 Å². The Kier molecular flexibility index (Phi) is 6.97. The van der Waals surface area contributed by atoms with Crippen LogP contribution in [-0.4, -0.2) is 23.4 Å². The average molecular weight is 410 g/mol. The van der Waals surface area contributed by atoms with Crippen molar-refractivity contribution < 1.29 is 14.3 Å². The molecule has 0 fully saturated rings. The highest BCUT2D eigenvalue weighted by atomic mass is 32.1. The molecule has 3 rings (SSSR count). The van der Waals surface area contributed by atoms with Gasteiger partial charge < -0.3 is 10.1 Å². The second-order valence-corrected chi connectivity index (χ2v) is 7.48. The van der Waals surface area contributed by atoms with E-state index in [0.29, 0.717) is 28.0 Å². The van der Waals surface area contributed by atoms with E-state index in [4.69, 9.17) is 4.74 Å². The molecule has 2 amide bonds. The summed E-state index contributed by atoms with van der Waals surface area (Å²) in [5.74, 6) is 0.554. The zero-order valence-corrected chi connectivity index (χ0v) is 17.2. The fourth-order valence-corrected chi connectivity index (χ4v) is 3.19. The molecule has 6 nitrogen and oxygen atoms in total. The maximum Gasteiger partial charge on any atom is 0.262 e. The van der Waals surface area contributed by atoms with Gasteiger partial charge in [0.05, 0.1) is 0 Å². The van der Waals surface area contributed by atoms with E-state index in [1.807, 2.05) is 24.3 Å². The fraction of sp³-hybridized carbons (Fsp3) is 0.227. The summed E-state index contributed by atoms with van der Waals surface area (Å²) < 4.78 is 5.56. The third kappa shape index (κ3) is 5.89. The van der Waals surface area contributed by atoms with E-state index in [0.717, 1.165) is 6.42 Å². The number of benzene rings is 2. The number of ether oxygens (including phenoxy) is 1. The molecule has 1 atom stereocenters. The highest BCUT2D eigenvalue weighted by molar-refractivity contribution is 7.13. The Morgan fingerprint density at radius 2 is 1.93 bits per heavy atom. The lowest BCUT2D eigenvalue weighted by atomic mass is 9.99. The average Bonchev–Trinajstić information content (AvgIpc) is 3.25. The van der Waals surface area contributed by atoms with Crippen molar-refractivity contribution in [1.29, 1.82) is 0 Å². The van der Waals surface area contributed by atoms with Crippen molar-refractivity contribution in [2.24, 2.45) is 0 Å². The number of carbonyl (C=O) groups excluding carboxylic acids is 2. The monoisotopic (exact) mass is 409 g/mol. The molecule has 2 N–H and O–H groups in total. The molecule has 1 aromatic heterocycles. The molecular formula is C22H23N3O3S. The van der Waals surface area contributed by atoms with Crippen LogP contribution >= 0.6 is 11.3 Å². The zero-order valence-electron chi connectivity index (χ0n) is 16.3. The fourth-order valence-electron chi connectivity index (χ4n) is 2.67. The van der Waals surface area contributed by atoms with E-state index in [1.54, 1.807) is 35.8 Å². The Morgan fingerprint density at radius 1 is 1.14 bits per heavy atom. The molecule has 2 aromatic carbocycles. The van der Waals surface area contributed by atoms with Gasteiger partial charge in [0.2, 0.25) is 0 Å². The molecule has 0 bridgehead atoms. The molecule has 3 aromatic rings. The molecular weight excluding hydrogens is 386 g/mol. The van der Waals surface area contributed by atoms with Crippen LogP contribution in [0.25, 0.3) is 0 Å². The Hall–Kier alpha value is -3.19. The predicted octanol–water partition coefficient (Wildman–Crippen LogP) is 4.93. The number of carbonyl (C=O) groups is 2. The molecule has 0 saturated carbocycles. The summed E-state index contributed by atoms with van der Waals surface area (Å²) in [4.78, 5) is 28.5. The minimum atomic E-state index is -0.298. The van der Waals surface area contributed by atoms with Crippen LogP contribution in [-0.2, 0) is 4.79 Å². The summed E-state index contributed by atoms with van der Waals surface area (Å²) in [6.45, 7) is 4.21. The Balaban J connectivity index is 1.53. The number of nitrogens with one attached hydrogen (secondary N) is 2. The number of rotatable bonds is 8. The summed E-state index contributed by atoms with van der Waals surface area (Å²) in [5.41, 5.74) is 2.20. The van der Waals surface area contributed by atoms with Gasteiger partial charge in [-0.05, 0) is 48.2 Å². The number of amides is 2. The molecule has 0 radical (unpaired) electrons. The van der Waals surface area contributed by atoms with Crippen LogP contribution in [0.4, 0.5) is 10.8 Å². The van der Waals surface area contributed by atoms with Crippen molar-refractivity contribution in [3.8, 4) is 5.75 Å². The maximum atomic E-state index is 12.3. The normalized spacial score (nSPS) is 11.5. The van der Waals surface area contributed by atoms with Crippen LogP contribution in [0.2, 0.25) is 0 Å². The van der Waals surface area contributed by atoms with Crippen molar-refractivity contribution in [3.05, 3.63) is 71.2 Å². The van der Waals surface area contributed by atoms with E-state index < -0.39 is 0 Å². The van der Waals surface area contributed by atoms with Gasteiger partial charge in [-0.2, -0.15) is 0 Å². The van der Waals surface area contributed by atoms with Crippen LogP contribution in [0.5, 0.6) is 5.75 Å². The summed E-state index contributed by atoms with van der Waals surface area (Å²) >= 11 is 1.34. The quantitative estimate of drug-likeness (QED) is 0.553. The summed E-state index contributed by atoms with van der Waals surface area (Å²) in [7, 11) is 0. The lowest BCUT2D eigenvalue weighted by Crippen LogP contribution is -2.20. The van der Waals surface area contributed by atoms with E-state index in [-0.39, 0.29) is 18.4 Å². The van der Waals surface area contributed by atoms with Gasteiger partial charge in [0.25, 0.3) is 11.8 Å². The molecule has 0 aliphatic heterocycles. The Morgan fingerprint density at radius 3 is 2.62 bits per heavy atom. The van der Waals surface area contributed by atoms with Crippen LogP contribution in [0.1, 0.15) is 42.1 Å². The second kappa shape index (κ2) is 9.84. The van der Waals surface area contributed by atoms with Crippen molar-refractivity contribution >= 4 is 34.0 Å². The predicted molar refractivity (Wildman–Crippen MR) is 116 cm³/mol. The van der Waals surface area contributed by atoms with Crippen molar-refractivity contribution in [1.82, 2.24) is 4.98 Å². The number of hydrogen-bond acceptors (Lipinski definition) is 5. The molecule has 0 aliphatic rings. The molecule has 7 heteroatoms. The van der Waals surface area contributed by atoms with Gasteiger partial charge in [-0.1, -0.05) is 32.0 Å². The minimum absolute atomic E-state index is 0.113. The van der Waals surface area contributed by atoms with E-state index in [2.05, 4.69) is 29.5 Å². The topological polar surface area (TPSA) is 80.3 Å². The molecule has 0 saturated heterocycles. The number of nitrogens with zero attached hydrogens (tertiary/aromatic N) is 1. The van der Waals surface area contributed by atoms with Gasteiger partial charge in [0.15, 0.2) is 11.7 Å². The third-order valence-corrected chi connectivity index (χ3v) is 5.18. The van der Waals surface area contributed by atoms with Gasteiger partial charge in [0, 0.05) is 22.8 Å². The van der Waals surface area contributed by atoms with Crippen LogP contribution in [0, 0.1) is 0 Å². The van der Waals surface area contributed by atoms with Crippen LogP contribution in [0.3, 0.4) is 0 Å². The summed E-state index contributed by atoms with van der Waals surface area (Å²) in [6, 6.07) is 14.5. The van der Waals surface area contributed by atoms with Gasteiger partial charge in [-0.3, -0.25) is 14.9 Å². The van der Waals surface area contributed by atoms with E-state index in [9.17, 15) is 9.59 Å². The zero-order chi connectivity index (χ0) is 20.6. The minimum Gasteiger partial charge on any atom is -0.484 e. The first-order valence-corrected chi connectivity index (χ1v) is 10.3. The van der Waals surface area contributed by atoms with Crippen molar-refractivity contribution in [3.63, 3.8) is 0 Å². The van der Waals surface area contributed by atoms with Crippen molar-refractivity contribution in [2.75, 3.05) is 17.2 Å².